The lowest BCUT2D eigenvalue weighted by molar-refractivity contribution is 0.102. The number of carbonyl (C=O) groups is 1. The minimum absolute atomic E-state index is 0.0878. The van der Waals surface area contributed by atoms with Gasteiger partial charge in [0.25, 0.3) is 5.91 Å². The molecule has 6 heteroatoms. The second-order valence-electron chi connectivity index (χ2n) is 4.84. The number of amides is 1. The van der Waals surface area contributed by atoms with Gasteiger partial charge < -0.3 is 19.9 Å². The van der Waals surface area contributed by atoms with Crippen LogP contribution in [0.1, 0.15) is 23.7 Å². The average molecular weight is 380 g/mol. The molecule has 1 amide bonds. The van der Waals surface area contributed by atoms with Gasteiger partial charge in [-0.05, 0) is 46.6 Å². The van der Waals surface area contributed by atoms with Gasteiger partial charge >= 0.3 is 0 Å². The number of benzene rings is 2. The highest BCUT2D eigenvalue weighted by Gasteiger charge is 2.15. The number of anilines is 1. The van der Waals surface area contributed by atoms with Crippen molar-refractivity contribution in [3.8, 4) is 17.2 Å². The summed E-state index contributed by atoms with van der Waals surface area (Å²) < 4.78 is 11.6. The zero-order chi connectivity index (χ0) is 16.8. The number of phenolic OH excluding ortho intramolecular Hbond substituents is 1. The summed E-state index contributed by atoms with van der Waals surface area (Å²) in [6.07, 6.45) is 0.870. The molecule has 0 aliphatic rings. The molecule has 0 fully saturated rings. The quantitative estimate of drug-likeness (QED) is 0.788. The Kier molecular flexibility index (Phi) is 5.87. The Labute approximate surface area is 143 Å². The summed E-state index contributed by atoms with van der Waals surface area (Å²) >= 11 is 3.41. The molecular weight excluding hydrogens is 362 g/mol. The molecule has 5 nitrogen and oxygen atoms in total. The number of hydrogen-bond donors (Lipinski definition) is 2. The van der Waals surface area contributed by atoms with Crippen molar-refractivity contribution in [2.45, 2.75) is 13.3 Å². The van der Waals surface area contributed by atoms with Crippen molar-refractivity contribution >= 4 is 27.5 Å². The molecule has 2 N–H and O–H groups in total. The number of phenols is 1. The van der Waals surface area contributed by atoms with Gasteiger partial charge in [-0.15, -0.1) is 0 Å². The highest BCUT2D eigenvalue weighted by atomic mass is 79.9. The summed E-state index contributed by atoms with van der Waals surface area (Å²) in [4.78, 5) is 12.4. The number of nitrogens with one attached hydrogen (secondary N) is 1. The Morgan fingerprint density at radius 2 is 2.09 bits per heavy atom. The zero-order valence-electron chi connectivity index (χ0n) is 12.9. The number of hydrogen-bond acceptors (Lipinski definition) is 4. The molecule has 23 heavy (non-hydrogen) atoms. The fourth-order valence-corrected chi connectivity index (χ4v) is 2.54. The Bertz CT molecular complexity index is 703. The molecule has 0 saturated carbocycles. The van der Waals surface area contributed by atoms with Crippen LogP contribution >= 0.6 is 15.9 Å². The van der Waals surface area contributed by atoms with E-state index in [4.69, 9.17) is 9.47 Å². The SMILES string of the molecule is CCCOc1c(Br)cc(C(=O)Nc2cccc(O)c2)cc1OC. The molecule has 2 rings (SSSR count). The molecular formula is C17H18BrNO4. The Hall–Kier alpha value is -2.21. The second kappa shape index (κ2) is 7.87. The van der Waals surface area contributed by atoms with E-state index in [2.05, 4.69) is 21.2 Å². The van der Waals surface area contributed by atoms with Gasteiger partial charge in [0.15, 0.2) is 11.5 Å². The van der Waals surface area contributed by atoms with Crippen LogP contribution in [0.15, 0.2) is 40.9 Å². The first kappa shape index (κ1) is 17.1. The Morgan fingerprint density at radius 1 is 1.30 bits per heavy atom. The third-order valence-electron chi connectivity index (χ3n) is 3.05. The van der Waals surface area contributed by atoms with Gasteiger partial charge in [0.05, 0.1) is 18.2 Å². The lowest BCUT2D eigenvalue weighted by Gasteiger charge is -2.14. The van der Waals surface area contributed by atoms with Crippen molar-refractivity contribution in [1.82, 2.24) is 0 Å². The smallest absolute Gasteiger partial charge is 0.255 e. The van der Waals surface area contributed by atoms with E-state index in [0.29, 0.717) is 33.8 Å². The standard InChI is InChI=1S/C17H18BrNO4/c1-3-7-23-16-14(18)8-11(9-15(16)22-2)17(21)19-12-5-4-6-13(20)10-12/h4-6,8-10,20H,3,7H2,1-2H3,(H,19,21). The molecule has 0 aliphatic heterocycles. The fourth-order valence-electron chi connectivity index (χ4n) is 1.98. The minimum Gasteiger partial charge on any atom is -0.508 e. The predicted molar refractivity (Wildman–Crippen MR) is 92.5 cm³/mol. The summed E-state index contributed by atoms with van der Waals surface area (Å²) in [6.45, 7) is 2.57. The van der Waals surface area contributed by atoms with Crippen LogP contribution in [-0.4, -0.2) is 24.7 Å². The molecule has 2 aromatic rings. The maximum absolute atomic E-state index is 12.4. The molecule has 0 spiro atoms. The summed E-state index contributed by atoms with van der Waals surface area (Å²) in [7, 11) is 1.53. The lowest BCUT2D eigenvalue weighted by Crippen LogP contribution is -2.12. The third kappa shape index (κ3) is 4.39. The van der Waals surface area contributed by atoms with E-state index in [1.165, 1.54) is 19.2 Å². The normalized spacial score (nSPS) is 10.2. The average Bonchev–Trinajstić information content (AvgIpc) is 2.53. The van der Waals surface area contributed by atoms with Crippen molar-refractivity contribution < 1.29 is 19.4 Å². The topological polar surface area (TPSA) is 67.8 Å². The van der Waals surface area contributed by atoms with E-state index >= 15 is 0 Å². The van der Waals surface area contributed by atoms with E-state index in [-0.39, 0.29) is 11.7 Å². The van der Waals surface area contributed by atoms with Gasteiger partial charge in [0, 0.05) is 17.3 Å². The van der Waals surface area contributed by atoms with Crippen LogP contribution in [0.25, 0.3) is 0 Å². The van der Waals surface area contributed by atoms with Crippen molar-refractivity contribution in [2.24, 2.45) is 0 Å². The van der Waals surface area contributed by atoms with Crippen LogP contribution in [0.3, 0.4) is 0 Å². The monoisotopic (exact) mass is 379 g/mol. The van der Waals surface area contributed by atoms with Gasteiger partial charge in [-0.1, -0.05) is 13.0 Å². The van der Waals surface area contributed by atoms with Crippen LogP contribution < -0.4 is 14.8 Å². The lowest BCUT2D eigenvalue weighted by atomic mass is 10.1. The summed E-state index contributed by atoms with van der Waals surface area (Å²) in [5.41, 5.74) is 0.928. The molecule has 0 bridgehead atoms. The first-order valence-corrected chi connectivity index (χ1v) is 7.95. The van der Waals surface area contributed by atoms with Gasteiger partial charge in [0.1, 0.15) is 5.75 Å². The zero-order valence-corrected chi connectivity index (χ0v) is 14.5. The third-order valence-corrected chi connectivity index (χ3v) is 3.64. The molecule has 0 aliphatic carbocycles. The van der Waals surface area contributed by atoms with Gasteiger partial charge in [0.2, 0.25) is 0 Å². The maximum atomic E-state index is 12.4. The summed E-state index contributed by atoms with van der Waals surface area (Å²) in [5, 5.41) is 12.2. The van der Waals surface area contributed by atoms with Crippen LogP contribution in [0.5, 0.6) is 17.2 Å². The van der Waals surface area contributed by atoms with Crippen molar-refractivity contribution in [2.75, 3.05) is 19.0 Å². The maximum Gasteiger partial charge on any atom is 0.255 e. The van der Waals surface area contributed by atoms with Crippen LogP contribution in [-0.2, 0) is 0 Å². The number of carbonyl (C=O) groups excluding carboxylic acids is 1. The van der Waals surface area contributed by atoms with E-state index in [1.54, 1.807) is 24.3 Å². The number of halogens is 1. The Morgan fingerprint density at radius 3 is 2.74 bits per heavy atom. The molecule has 2 aromatic carbocycles. The van der Waals surface area contributed by atoms with Crippen molar-refractivity contribution in [3.05, 3.63) is 46.4 Å². The first-order valence-electron chi connectivity index (χ1n) is 7.16. The van der Waals surface area contributed by atoms with Crippen molar-refractivity contribution in [3.63, 3.8) is 0 Å². The number of ether oxygens (including phenoxy) is 2. The number of rotatable bonds is 6. The molecule has 0 radical (unpaired) electrons. The van der Waals surface area contributed by atoms with Gasteiger partial charge in [-0.25, -0.2) is 0 Å². The molecule has 0 unspecified atom stereocenters. The van der Waals surface area contributed by atoms with Crippen molar-refractivity contribution in [1.29, 1.82) is 0 Å². The molecule has 122 valence electrons. The van der Waals surface area contributed by atoms with Gasteiger partial charge in [-0.2, -0.15) is 0 Å². The first-order chi connectivity index (χ1) is 11.0. The highest BCUT2D eigenvalue weighted by Crippen LogP contribution is 2.37. The van der Waals surface area contributed by atoms with Crippen LogP contribution in [0, 0.1) is 0 Å². The molecule has 0 heterocycles. The molecule has 0 aromatic heterocycles. The van der Waals surface area contributed by atoms with Gasteiger partial charge in [-0.3, -0.25) is 4.79 Å². The summed E-state index contributed by atoms with van der Waals surface area (Å²) in [5.74, 6) is 0.832. The predicted octanol–water partition coefficient (Wildman–Crippen LogP) is 4.20. The van der Waals surface area contributed by atoms with Crippen LogP contribution in [0.2, 0.25) is 0 Å². The second-order valence-corrected chi connectivity index (χ2v) is 5.70. The Balaban J connectivity index is 2.25. The highest BCUT2D eigenvalue weighted by molar-refractivity contribution is 9.10. The van der Waals surface area contributed by atoms with E-state index in [0.717, 1.165) is 6.42 Å². The fraction of sp³-hybridized carbons (Fsp3) is 0.235. The van der Waals surface area contributed by atoms with E-state index < -0.39 is 0 Å². The molecule has 0 atom stereocenters. The minimum atomic E-state index is -0.309. The largest absolute Gasteiger partial charge is 0.508 e. The van der Waals surface area contributed by atoms with E-state index in [1.807, 2.05) is 6.92 Å². The summed E-state index contributed by atoms with van der Waals surface area (Å²) in [6, 6.07) is 9.66. The number of methoxy groups -OCH3 is 1. The van der Waals surface area contributed by atoms with Crippen LogP contribution in [0.4, 0.5) is 5.69 Å². The molecule has 0 saturated heterocycles. The van der Waals surface area contributed by atoms with E-state index in [9.17, 15) is 9.90 Å². The number of aromatic hydroxyl groups is 1.